The fourth-order valence-electron chi connectivity index (χ4n) is 0.216. The van der Waals surface area contributed by atoms with Crippen LogP contribution in [0.25, 0.3) is 0 Å². The van der Waals surface area contributed by atoms with E-state index < -0.39 is 6.23 Å². The lowest BCUT2D eigenvalue weighted by Gasteiger charge is -1.93. The molecule has 1 unspecified atom stereocenters. The second-order valence-corrected chi connectivity index (χ2v) is 1.19. The first kappa shape index (κ1) is 10.5. The molecule has 0 aromatic heterocycles. The Morgan fingerprint density at radius 1 is 1.62 bits per heavy atom. The molecule has 0 aliphatic heterocycles. The SMILES string of the molecule is CC(O)N=C(N)N.Cl. The maximum Gasteiger partial charge on any atom is 0.188 e. The molecule has 5 N–H and O–H groups in total. The number of nitrogens with zero attached hydrogens (tertiary/aromatic N) is 1. The molecule has 0 spiro atoms. The van der Waals surface area contributed by atoms with Crippen molar-refractivity contribution in [3.63, 3.8) is 0 Å². The normalized spacial score (nSPS) is 11.2. The zero-order chi connectivity index (χ0) is 5.86. The fraction of sp³-hybridized carbons (Fsp3) is 0.667. The molecule has 4 nitrogen and oxygen atoms in total. The summed E-state index contributed by atoms with van der Waals surface area (Å²) in [4.78, 5) is 3.31. The summed E-state index contributed by atoms with van der Waals surface area (Å²) in [5.74, 6) is -0.0880. The molecule has 0 bridgehead atoms. The van der Waals surface area contributed by atoms with Crippen molar-refractivity contribution in [3.05, 3.63) is 0 Å². The molecule has 0 aliphatic rings. The molecule has 0 amide bonds. The Balaban J connectivity index is 0. The van der Waals surface area contributed by atoms with E-state index in [-0.39, 0.29) is 18.4 Å². The van der Waals surface area contributed by atoms with Crippen LogP contribution < -0.4 is 11.5 Å². The largest absolute Gasteiger partial charge is 0.372 e. The maximum absolute atomic E-state index is 8.38. The van der Waals surface area contributed by atoms with Gasteiger partial charge in [0.25, 0.3) is 0 Å². The van der Waals surface area contributed by atoms with Crippen LogP contribution in [-0.2, 0) is 0 Å². The number of aliphatic hydroxyl groups excluding tert-OH is 1. The Morgan fingerprint density at radius 2 is 2.00 bits per heavy atom. The molecule has 50 valence electrons. The van der Waals surface area contributed by atoms with Crippen LogP contribution in [0.2, 0.25) is 0 Å². The average molecular weight is 140 g/mol. The van der Waals surface area contributed by atoms with E-state index in [1.165, 1.54) is 6.92 Å². The van der Waals surface area contributed by atoms with Crippen LogP contribution in [0.5, 0.6) is 0 Å². The molecule has 0 radical (unpaired) electrons. The standard InChI is InChI=1S/C3H9N3O.ClH/c1-2(7)6-3(4)5;/h2,7H,1H3,(H4,4,5,6);1H. The van der Waals surface area contributed by atoms with Gasteiger partial charge in [0.2, 0.25) is 0 Å². The summed E-state index contributed by atoms with van der Waals surface area (Å²) in [6.45, 7) is 1.47. The molecule has 0 aromatic carbocycles. The summed E-state index contributed by atoms with van der Waals surface area (Å²) >= 11 is 0. The number of halogens is 1. The van der Waals surface area contributed by atoms with Gasteiger partial charge >= 0.3 is 0 Å². The highest BCUT2D eigenvalue weighted by atomic mass is 35.5. The number of aliphatic imine (C=N–C) groups is 1. The third-order valence-electron chi connectivity index (χ3n) is 0.336. The topological polar surface area (TPSA) is 84.6 Å². The van der Waals surface area contributed by atoms with Crippen molar-refractivity contribution in [1.82, 2.24) is 0 Å². The van der Waals surface area contributed by atoms with E-state index in [4.69, 9.17) is 16.6 Å². The van der Waals surface area contributed by atoms with Crippen molar-refractivity contribution < 1.29 is 5.11 Å². The number of hydrogen-bond acceptors (Lipinski definition) is 2. The Morgan fingerprint density at radius 3 is 2.00 bits per heavy atom. The van der Waals surface area contributed by atoms with E-state index in [0.717, 1.165) is 0 Å². The van der Waals surface area contributed by atoms with Crippen LogP contribution in [0.15, 0.2) is 4.99 Å². The van der Waals surface area contributed by atoms with Crippen molar-refractivity contribution in [2.45, 2.75) is 13.2 Å². The van der Waals surface area contributed by atoms with Crippen molar-refractivity contribution >= 4 is 18.4 Å². The molecule has 0 saturated heterocycles. The Labute approximate surface area is 54.0 Å². The highest BCUT2D eigenvalue weighted by molar-refractivity contribution is 5.85. The van der Waals surface area contributed by atoms with E-state index in [1.807, 2.05) is 0 Å². The molecular weight excluding hydrogens is 130 g/mol. The monoisotopic (exact) mass is 139 g/mol. The summed E-state index contributed by atoms with van der Waals surface area (Å²) < 4.78 is 0. The minimum Gasteiger partial charge on any atom is -0.372 e. The molecule has 5 heteroatoms. The average Bonchev–Trinajstić information content (AvgIpc) is 1.27. The summed E-state index contributed by atoms with van der Waals surface area (Å²) in [6, 6.07) is 0. The first-order chi connectivity index (χ1) is 3.13. The molecule has 0 saturated carbocycles. The van der Waals surface area contributed by atoms with Crippen LogP contribution in [0, 0.1) is 0 Å². The second kappa shape index (κ2) is 4.67. The number of hydrogen-bond donors (Lipinski definition) is 3. The molecule has 0 aliphatic carbocycles. The van der Waals surface area contributed by atoms with Gasteiger partial charge in [-0.1, -0.05) is 0 Å². The predicted octanol–water partition coefficient (Wildman–Crippen LogP) is -0.980. The summed E-state index contributed by atoms with van der Waals surface area (Å²) in [7, 11) is 0. The molecule has 8 heavy (non-hydrogen) atoms. The first-order valence-electron chi connectivity index (χ1n) is 1.89. The van der Waals surface area contributed by atoms with Crippen LogP contribution in [0.1, 0.15) is 6.92 Å². The van der Waals surface area contributed by atoms with Gasteiger partial charge in [0.1, 0.15) is 6.23 Å². The first-order valence-corrected chi connectivity index (χ1v) is 1.89. The predicted molar refractivity (Wildman–Crippen MR) is 34.7 cm³/mol. The zero-order valence-corrected chi connectivity index (χ0v) is 5.35. The van der Waals surface area contributed by atoms with Gasteiger partial charge in [-0.2, -0.15) is 0 Å². The van der Waals surface area contributed by atoms with Gasteiger partial charge in [0, 0.05) is 0 Å². The highest BCUT2D eigenvalue weighted by Gasteiger charge is 1.85. The molecule has 0 rings (SSSR count). The van der Waals surface area contributed by atoms with Gasteiger partial charge in [-0.3, -0.25) is 0 Å². The van der Waals surface area contributed by atoms with E-state index >= 15 is 0 Å². The van der Waals surface area contributed by atoms with Crippen LogP contribution in [-0.4, -0.2) is 17.3 Å². The van der Waals surface area contributed by atoms with E-state index in [0.29, 0.717) is 0 Å². The molecular formula is C3H10ClN3O. The van der Waals surface area contributed by atoms with Gasteiger partial charge in [-0.05, 0) is 6.92 Å². The lowest BCUT2D eigenvalue weighted by molar-refractivity contribution is 0.205. The lowest BCUT2D eigenvalue weighted by atomic mass is 10.7. The van der Waals surface area contributed by atoms with Gasteiger partial charge < -0.3 is 16.6 Å². The Hall–Kier alpha value is -0.480. The van der Waals surface area contributed by atoms with Crippen LogP contribution in [0.4, 0.5) is 0 Å². The Bertz CT molecular complexity index is 78.6. The van der Waals surface area contributed by atoms with Gasteiger partial charge in [-0.15, -0.1) is 12.4 Å². The van der Waals surface area contributed by atoms with Crippen molar-refractivity contribution in [2.75, 3.05) is 0 Å². The fourth-order valence-corrected chi connectivity index (χ4v) is 0.216. The third-order valence-corrected chi connectivity index (χ3v) is 0.336. The summed E-state index contributed by atoms with van der Waals surface area (Å²) in [5.41, 5.74) is 9.72. The summed E-state index contributed by atoms with van der Waals surface area (Å²) in [6.07, 6.45) is -0.787. The molecule has 0 fully saturated rings. The third kappa shape index (κ3) is 9.10. The minimum absolute atomic E-state index is 0. The number of guanidine groups is 1. The van der Waals surface area contributed by atoms with E-state index in [2.05, 4.69) is 4.99 Å². The van der Waals surface area contributed by atoms with Crippen molar-refractivity contribution in [2.24, 2.45) is 16.5 Å². The van der Waals surface area contributed by atoms with Crippen molar-refractivity contribution in [3.8, 4) is 0 Å². The highest BCUT2D eigenvalue weighted by Crippen LogP contribution is 1.75. The van der Waals surface area contributed by atoms with E-state index in [1.54, 1.807) is 0 Å². The zero-order valence-electron chi connectivity index (χ0n) is 4.53. The minimum atomic E-state index is -0.787. The maximum atomic E-state index is 8.38. The van der Waals surface area contributed by atoms with Crippen LogP contribution >= 0.6 is 12.4 Å². The number of nitrogens with two attached hydrogens (primary N) is 2. The summed E-state index contributed by atoms with van der Waals surface area (Å²) in [5, 5.41) is 8.38. The molecule has 0 aromatic rings. The van der Waals surface area contributed by atoms with Crippen molar-refractivity contribution in [1.29, 1.82) is 0 Å². The lowest BCUT2D eigenvalue weighted by Crippen LogP contribution is -2.24. The van der Waals surface area contributed by atoms with Gasteiger partial charge in [0.05, 0.1) is 0 Å². The van der Waals surface area contributed by atoms with Gasteiger partial charge in [0.15, 0.2) is 5.96 Å². The second-order valence-electron chi connectivity index (χ2n) is 1.19. The Kier molecular flexibility index (Phi) is 6.13. The van der Waals surface area contributed by atoms with Gasteiger partial charge in [-0.25, -0.2) is 4.99 Å². The van der Waals surface area contributed by atoms with Crippen LogP contribution in [0.3, 0.4) is 0 Å². The molecule has 0 heterocycles. The quantitative estimate of drug-likeness (QED) is 0.323. The number of rotatable bonds is 1. The van der Waals surface area contributed by atoms with E-state index in [9.17, 15) is 0 Å². The number of aliphatic hydroxyl groups is 1. The molecule has 1 atom stereocenters. The smallest absolute Gasteiger partial charge is 0.188 e.